The quantitative estimate of drug-likeness (QED) is 0.676. The van der Waals surface area contributed by atoms with E-state index in [2.05, 4.69) is 47.5 Å². The van der Waals surface area contributed by atoms with E-state index in [9.17, 15) is 0 Å². The number of nitrogens with zero attached hydrogens (tertiary/aromatic N) is 2. The molecule has 2 unspecified atom stereocenters. The van der Waals surface area contributed by atoms with Crippen LogP contribution >= 0.6 is 0 Å². The molecule has 0 amide bonds. The first-order valence-electron chi connectivity index (χ1n) is 11.0. The van der Waals surface area contributed by atoms with Crippen LogP contribution in [0.25, 0.3) is 0 Å². The maximum absolute atomic E-state index is 6.53. The number of aromatic nitrogens is 2. The van der Waals surface area contributed by atoms with Gasteiger partial charge >= 0.3 is 0 Å². The highest BCUT2D eigenvalue weighted by Gasteiger charge is 2.39. The van der Waals surface area contributed by atoms with Crippen LogP contribution in [0.5, 0.6) is 0 Å². The minimum atomic E-state index is 0.238. The number of aromatic amines is 1. The molecule has 3 rings (SSSR count). The highest BCUT2D eigenvalue weighted by atomic mass is 16.5. The van der Waals surface area contributed by atoms with Crippen LogP contribution in [0.4, 0.5) is 0 Å². The number of rotatable bonds is 9. The van der Waals surface area contributed by atoms with Crippen molar-refractivity contribution in [2.24, 2.45) is 11.3 Å². The van der Waals surface area contributed by atoms with Crippen molar-refractivity contribution >= 4 is 0 Å². The van der Waals surface area contributed by atoms with Gasteiger partial charge in [0.25, 0.3) is 0 Å². The Kier molecular flexibility index (Phi) is 7.92. The van der Waals surface area contributed by atoms with E-state index in [0.29, 0.717) is 17.9 Å². The van der Waals surface area contributed by atoms with Gasteiger partial charge in [-0.2, -0.15) is 5.10 Å². The van der Waals surface area contributed by atoms with Gasteiger partial charge in [-0.05, 0) is 57.5 Å². The van der Waals surface area contributed by atoms with Crippen molar-refractivity contribution in [2.75, 3.05) is 47.0 Å². The van der Waals surface area contributed by atoms with Crippen molar-refractivity contribution in [2.45, 2.75) is 64.5 Å². The Morgan fingerprint density at radius 2 is 2.11 bits per heavy atom. The van der Waals surface area contributed by atoms with Crippen LogP contribution in [0.15, 0.2) is 6.20 Å². The van der Waals surface area contributed by atoms with Gasteiger partial charge in [0, 0.05) is 57.1 Å². The van der Waals surface area contributed by atoms with Crippen LogP contribution in [0.3, 0.4) is 0 Å². The van der Waals surface area contributed by atoms with E-state index < -0.39 is 0 Å². The molecule has 6 heteroatoms. The normalized spacial score (nSPS) is 26.0. The number of H-pyrrole nitrogens is 1. The summed E-state index contributed by atoms with van der Waals surface area (Å²) in [6.07, 6.45) is 8.13. The van der Waals surface area contributed by atoms with E-state index in [0.717, 1.165) is 58.7 Å². The lowest BCUT2D eigenvalue weighted by atomic mass is 9.69. The van der Waals surface area contributed by atoms with Gasteiger partial charge in [-0.25, -0.2) is 0 Å². The van der Waals surface area contributed by atoms with Gasteiger partial charge < -0.3 is 19.7 Å². The molecule has 1 aromatic rings. The zero-order chi connectivity index (χ0) is 20.0. The van der Waals surface area contributed by atoms with Gasteiger partial charge in [0.05, 0.1) is 11.8 Å². The van der Waals surface area contributed by atoms with Crippen molar-refractivity contribution in [3.63, 3.8) is 0 Å². The molecule has 2 fully saturated rings. The molecule has 1 aliphatic heterocycles. The zero-order valence-electron chi connectivity index (χ0n) is 18.3. The van der Waals surface area contributed by atoms with Crippen molar-refractivity contribution in [1.82, 2.24) is 20.4 Å². The van der Waals surface area contributed by atoms with Gasteiger partial charge in [0.2, 0.25) is 0 Å². The topological polar surface area (TPSA) is 62.4 Å². The molecule has 0 bridgehead atoms. The Bertz CT molecular complexity index is 583. The zero-order valence-corrected chi connectivity index (χ0v) is 18.3. The fraction of sp³-hybridized carbons (Fsp3) is 0.864. The standard InChI is InChI=1S/C22H40N4O2/c1-22(2)8-5-18(13-20(22)28-16-17-6-11-27-12-7-17)21-19(14-24-25-21)15-26(4)10-9-23-3/h14,17-18,20,23H,5-13,15-16H2,1-4H3,(H,24,25). The lowest BCUT2D eigenvalue weighted by Crippen LogP contribution is -2.39. The van der Waals surface area contributed by atoms with Gasteiger partial charge in [0.15, 0.2) is 0 Å². The number of hydrogen-bond acceptors (Lipinski definition) is 5. The smallest absolute Gasteiger partial charge is 0.0698 e. The summed E-state index contributed by atoms with van der Waals surface area (Å²) in [5, 5.41) is 11.0. The SMILES string of the molecule is CNCCN(C)Cc1c[nH]nc1C1CCC(C)(C)C(OCC2CCOCC2)C1. The third kappa shape index (κ3) is 5.78. The largest absolute Gasteiger partial charge is 0.381 e. The molecule has 2 N–H and O–H groups in total. The van der Waals surface area contributed by atoms with Gasteiger partial charge in [-0.15, -0.1) is 0 Å². The van der Waals surface area contributed by atoms with Crippen molar-refractivity contribution in [3.05, 3.63) is 17.5 Å². The summed E-state index contributed by atoms with van der Waals surface area (Å²) in [6, 6.07) is 0. The molecule has 6 nitrogen and oxygen atoms in total. The molecule has 0 aromatic carbocycles. The highest BCUT2D eigenvalue weighted by molar-refractivity contribution is 5.22. The van der Waals surface area contributed by atoms with Crippen LogP contribution in [0.1, 0.15) is 63.1 Å². The Balaban J connectivity index is 1.59. The average Bonchev–Trinajstić information content (AvgIpc) is 3.14. The predicted molar refractivity (Wildman–Crippen MR) is 113 cm³/mol. The number of likely N-dealkylation sites (N-methyl/N-ethyl adjacent to an activating group) is 2. The molecule has 0 spiro atoms. The van der Waals surface area contributed by atoms with E-state index in [-0.39, 0.29) is 5.41 Å². The summed E-state index contributed by atoms with van der Waals surface area (Å²) in [6.45, 7) is 10.4. The van der Waals surface area contributed by atoms with Crippen LogP contribution in [0, 0.1) is 11.3 Å². The maximum atomic E-state index is 6.53. The minimum absolute atomic E-state index is 0.238. The summed E-state index contributed by atoms with van der Waals surface area (Å²) in [5.41, 5.74) is 2.83. The van der Waals surface area contributed by atoms with Crippen LogP contribution in [-0.2, 0) is 16.0 Å². The molecule has 0 radical (unpaired) electrons. The predicted octanol–water partition coefficient (Wildman–Crippen LogP) is 3.17. The monoisotopic (exact) mass is 392 g/mol. The molecular weight excluding hydrogens is 352 g/mol. The van der Waals surface area contributed by atoms with Crippen LogP contribution < -0.4 is 5.32 Å². The lowest BCUT2D eigenvalue weighted by Gasteiger charge is -2.42. The third-order valence-electron chi connectivity index (χ3n) is 6.70. The maximum Gasteiger partial charge on any atom is 0.0698 e. The number of nitrogens with one attached hydrogen (secondary N) is 2. The van der Waals surface area contributed by atoms with E-state index >= 15 is 0 Å². The Labute approximate surface area is 170 Å². The highest BCUT2D eigenvalue weighted by Crippen LogP contribution is 2.44. The molecule has 1 saturated heterocycles. The molecule has 2 atom stereocenters. The summed E-state index contributed by atoms with van der Waals surface area (Å²) >= 11 is 0. The van der Waals surface area contributed by atoms with E-state index in [1.165, 1.54) is 24.1 Å². The molecule has 2 heterocycles. The van der Waals surface area contributed by atoms with Crippen LogP contribution in [0.2, 0.25) is 0 Å². The lowest BCUT2D eigenvalue weighted by molar-refractivity contribution is -0.0797. The Morgan fingerprint density at radius 3 is 2.86 bits per heavy atom. The van der Waals surface area contributed by atoms with Crippen molar-refractivity contribution in [1.29, 1.82) is 0 Å². The summed E-state index contributed by atoms with van der Waals surface area (Å²) in [4.78, 5) is 2.36. The number of ether oxygens (including phenoxy) is 2. The van der Waals surface area contributed by atoms with Gasteiger partial charge in [-0.1, -0.05) is 13.8 Å². The molecule has 1 saturated carbocycles. The summed E-state index contributed by atoms with van der Waals surface area (Å²) in [7, 11) is 4.18. The Morgan fingerprint density at radius 1 is 1.32 bits per heavy atom. The minimum Gasteiger partial charge on any atom is -0.381 e. The van der Waals surface area contributed by atoms with Gasteiger partial charge in [-0.3, -0.25) is 5.10 Å². The fourth-order valence-corrected chi connectivity index (χ4v) is 4.59. The van der Waals surface area contributed by atoms with Crippen molar-refractivity contribution in [3.8, 4) is 0 Å². The molecule has 2 aliphatic rings. The molecular formula is C22H40N4O2. The molecule has 1 aliphatic carbocycles. The molecule has 1 aromatic heterocycles. The second-order valence-corrected chi connectivity index (χ2v) is 9.47. The van der Waals surface area contributed by atoms with Crippen LogP contribution in [-0.4, -0.2) is 68.2 Å². The number of hydrogen-bond donors (Lipinski definition) is 2. The first-order chi connectivity index (χ1) is 13.5. The first-order valence-corrected chi connectivity index (χ1v) is 11.0. The van der Waals surface area contributed by atoms with E-state index in [1.54, 1.807) is 0 Å². The van der Waals surface area contributed by atoms with E-state index in [1.807, 2.05) is 7.05 Å². The molecule has 160 valence electrons. The summed E-state index contributed by atoms with van der Waals surface area (Å²) < 4.78 is 12.0. The van der Waals surface area contributed by atoms with E-state index in [4.69, 9.17) is 9.47 Å². The average molecular weight is 393 g/mol. The third-order valence-corrected chi connectivity index (χ3v) is 6.70. The molecule has 28 heavy (non-hydrogen) atoms. The second-order valence-electron chi connectivity index (χ2n) is 9.47. The fourth-order valence-electron chi connectivity index (χ4n) is 4.59. The second kappa shape index (κ2) is 10.2. The summed E-state index contributed by atoms with van der Waals surface area (Å²) in [5.74, 6) is 1.15. The Hall–Kier alpha value is -0.950. The first kappa shape index (κ1) is 21.8. The van der Waals surface area contributed by atoms with Crippen molar-refractivity contribution < 1.29 is 9.47 Å². The van der Waals surface area contributed by atoms with Gasteiger partial charge in [0.1, 0.15) is 0 Å².